The van der Waals surface area contributed by atoms with E-state index in [-0.39, 0.29) is 5.97 Å². The summed E-state index contributed by atoms with van der Waals surface area (Å²) in [5.74, 6) is -0.262. The van der Waals surface area contributed by atoms with Crippen molar-refractivity contribution in [3.8, 4) is 0 Å². The lowest BCUT2D eigenvalue weighted by Gasteiger charge is -2.32. The Morgan fingerprint density at radius 2 is 1.86 bits per heavy atom. The molecule has 0 saturated carbocycles. The molecule has 0 spiro atoms. The van der Waals surface area contributed by atoms with Gasteiger partial charge in [-0.2, -0.15) is 0 Å². The normalized spacial score (nSPS) is 13.7. The lowest BCUT2D eigenvalue weighted by Crippen LogP contribution is -2.51. The first kappa shape index (κ1) is 17.7. The summed E-state index contributed by atoms with van der Waals surface area (Å²) in [6.45, 7) is 6.12. The Labute approximate surface area is 127 Å². The van der Waals surface area contributed by atoms with Gasteiger partial charge in [-0.3, -0.25) is 5.32 Å². The minimum absolute atomic E-state index is 0.262. The quantitative estimate of drug-likeness (QED) is 0.532. The van der Waals surface area contributed by atoms with Gasteiger partial charge in [0.25, 0.3) is 0 Å². The van der Waals surface area contributed by atoms with E-state index in [1.54, 1.807) is 0 Å². The molecule has 118 valence electrons. The van der Waals surface area contributed by atoms with Crippen LogP contribution < -0.4 is 5.32 Å². The molecular weight excluding hydrogens is 266 g/mol. The largest absolute Gasteiger partial charge is 0.467 e. The number of carbonyl (C=O) groups is 1. The van der Waals surface area contributed by atoms with Gasteiger partial charge >= 0.3 is 5.97 Å². The summed E-state index contributed by atoms with van der Waals surface area (Å²) in [7, 11) is 1.43. The Balaban J connectivity index is 3.00. The van der Waals surface area contributed by atoms with Crippen molar-refractivity contribution < 1.29 is 14.3 Å². The zero-order chi connectivity index (χ0) is 15.6. The van der Waals surface area contributed by atoms with Gasteiger partial charge in [-0.1, -0.05) is 44.2 Å². The first-order chi connectivity index (χ1) is 10.2. The SMILES string of the molecule is CCCNC(CCOCCC)(C(=O)OC)c1ccccc1. The van der Waals surface area contributed by atoms with Crippen molar-refractivity contribution >= 4 is 5.97 Å². The highest BCUT2D eigenvalue weighted by Gasteiger charge is 2.40. The number of ether oxygens (including phenoxy) is 2. The fraction of sp³-hybridized carbons (Fsp3) is 0.588. The highest BCUT2D eigenvalue weighted by molar-refractivity contribution is 5.82. The van der Waals surface area contributed by atoms with Crippen molar-refractivity contribution in [3.63, 3.8) is 0 Å². The molecule has 4 nitrogen and oxygen atoms in total. The second-order valence-corrected chi connectivity index (χ2v) is 5.05. The van der Waals surface area contributed by atoms with E-state index in [1.807, 2.05) is 30.3 Å². The maximum absolute atomic E-state index is 12.5. The van der Waals surface area contributed by atoms with Crippen LogP contribution in [0.25, 0.3) is 0 Å². The molecule has 4 heteroatoms. The second-order valence-electron chi connectivity index (χ2n) is 5.05. The Bertz CT molecular complexity index is 408. The van der Waals surface area contributed by atoms with Crippen LogP contribution in [-0.4, -0.2) is 32.8 Å². The number of nitrogens with one attached hydrogen (secondary N) is 1. The standard InChI is InChI=1S/C17H27NO3/c1-4-12-18-17(16(19)20-3,11-14-21-13-5-2)15-9-7-6-8-10-15/h6-10,18H,4-5,11-14H2,1-3H3. The molecule has 0 aliphatic carbocycles. The molecule has 0 bridgehead atoms. The van der Waals surface area contributed by atoms with Crippen LogP contribution in [0.15, 0.2) is 30.3 Å². The Morgan fingerprint density at radius 1 is 1.14 bits per heavy atom. The zero-order valence-electron chi connectivity index (χ0n) is 13.4. The summed E-state index contributed by atoms with van der Waals surface area (Å²) < 4.78 is 10.7. The molecule has 1 N–H and O–H groups in total. The van der Waals surface area contributed by atoms with Gasteiger partial charge in [0, 0.05) is 19.6 Å². The van der Waals surface area contributed by atoms with E-state index in [4.69, 9.17) is 9.47 Å². The first-order valence-corrected chi connectivity index (χ1v) is 7.68. The second kappa shape index (κ2) is 9.53. The predicted octanol–water partition coefficient (Wildman–Crippen LogP) is 2.87. The third kappa shape index (κ3) is 4.83. The summed E-state index contributed by atoms with van der Waals surface area (Å²) >= 11 is 0. The third-order valence-electron chi connectivity index (χ3n) is 3.45. The molecule has 1 aromatic rings. The van der Waals surface area contributed by atoms with Gasteiger partial charge in [0.2, 0.25) is 0 Å². The lowest BCUT2D eigenvalue weighted by molar-refractivity contribution is -0.150. The predicted molar refractivity (Wildman–Crippen MR) is 84.2 cm³/mol. The van der Waals surface area contributed by atoms with Crippen LogP contribution in [0.2, 0.25) is 0 Å². The van der Waals surface area contributed by atoms with E-state index < -0.39 is 5.54 Å². The van der Waals surface area contributed by atoms with E-state index in [1.165, 1.54) is 7.11 Å². The van der Waals surface area contributed by atoms with Crippen LogP contribution in [0.1, 0.15) is 38.7 Å². The van der Waals surface area contributed by atoms with Crippen molar-refractivity contribution in [3.05, 3.63) is 35.9 Å². The molecule has 0 aliphatic rings. The molecule has 0 aliphatic heterocycles. The zero-order valence-corrected chi connectivity index (χ0v) is 13.4. The van der Waals surface area contributed by atoms with Crippen LogP contribution >= 0.6 is 0 Å². The molecule has 0 aromatic heterocycles. The van der Waals surface area contributed by atoms with Crippen molar-refractivity contribution in [2.24, 2.45) is 0 Å². The van der Waals surface area contributed by atoms with Crippen LogP contribution in [0.3, 0.4) is 0 Å². The summed E-state index contributed by atoms with van der Waals surface area (Å²) in [6, 6.07) is 9.73. The van der Waals surface area contributed by atoms with Crippen LogP contribution in [-0.2, 0) is 19.8 Å². The summed E-state index contributed by atoms with van der Waals surface area (Å²) in [6.07, 6.45) is 2.48. The molecule has 1 aromatic carbocycles. The van der Waals surface area contributed by atoms with Crippen LogP contribution in [0.5, 0.6) is 0 Å². The number of hydrogen-bond acceptors (Lipinski definition) is 4. The number of methoxy groups -OCH3 is 1. The molecule has 0 amide bonds. The molecule has 0 heterocycles. The smallest absolute Gasteiger partial charge is 0.330 e. The minimum Gasteiger partial charge on any atom is -0.467 e. The van der Waals surface area contributed by atoms with Crippen molar-refractivity contribution in [1.82, 2.24) is 5.32 Å². The molecule has 0 radical (unpaired) electrons. The Morgan fingerprint density at radius 3 is 2.43 bits per heavy atom. The van der Waals surface area contributed by atoms with Crippen molar-refractivity contribution in [2.75, 3.05) is 26.9 Å². The fourth-order valence-electron chi connectivity index (χ4n) is 2.33. The van der Waals surface area contributed by atoms with Crippen LogP contribution in [0.4, 0.5) is 0 Å². The van der Waals surface area contributed by atoms with Gasteiger partial charge < -0.3 is 9.47 Å². The first-order valence-electron chi connectivity index (χ1n) is 7.68. The van der Waals surface area contributed by atoms with E-state index in [0.29, 0.717) is 19.6 Å². The number of carbonyl (C=O) groups excluding carboxylic acids is 1. The summed E-state index contributed by atoms with van der Waals surface area (Å²) in [5.41, 5.74) is 0.0881. The van der Waals surface area contributed by atoms with E-state index in [9.17, 15) is 4.79 Å². The van der Waals surface area contributed by atoms with Crippen molar-refractivity contribution in [1.29, 1.82) is 0 Å². The van der Waals surface area contributed by atoms with Gasteiger partial charge in [0.1, 0.15) is 5.54 Å². The highest BCUT2D eigenvalue weighted by atomic mass is 16.5. The highest BCUT2D eigenvalue weighted by Crippen LogP contribution is 2.27. The maximum atomic E-state index is 12.5. The van der Waals surface area contributed by atoms with Crippen LogP contribution in [0, 0.1) is 0 Å². The molecule has 1 rings (SSSR count). The fourth-order valence-corrected chi connectivity index (χ4v) is 2.33. The van der Waals surface area contributed by atoms with E-state index in [2.05, 4.69) is 19.2 Å². The lowest BCUT2D eigenvalue weighted by atomic mass is 9.86. The van der Waals surface area contributed by atoms with E-state index in [0.717, 1.165) is 24.9 Å². The number of esters is 1. The maximum Gasteiger partial charge on any atom is 0.330 e. The topological polar surface area (TPSA) is 47.6 Å². The Hall–Kier alpha value is -1.39. The third-order valence-corrected chi connectivity index (χ3v) is 3.45. The molecule has 21 heavy (non-hydrogen) atoms. The number of benzene rings is 1. The number of hydrogen-bond donors (Lipinski definition) is 1. The minimum atomic E-state index is -0.834. The molecule has 0 saturated heterocycles. The Kier molecular flexibility index (Phi) is 8.01. The van der Waals surface area contributed by atoms with Gasteiger partial charge in [-0.15, -0.1) is 0 Å². The molecular formula is C17H27NO3. The summed E-state index contributed by atoms with van der Waals surface area (Å²) in [4.78, 5) is 12.5. The average Bonchev–Trinajstić information content (AvgIpc) is 2.54. The number of rotatable bonds is 10. The van der Waals surface area contributed by atoms with Crippen molar-refractivity contribution in [2.45, 2.75) is 38.6 Å². The molecule has 0 fully saturated rings. The van der Waals surface area contributed by atoms with E-state index >= 15 is 0 Å². The molecule has 1 atom stereocenters. The monoisotopic (exact) mass is 293 g/mol. The van der Waals surface area contributed by atoms with Gasteiger partial charge in [0.15, 0.2) is 0 Å². The van der Waals surface area contributed by atoms with Gasteiger partial charge in [0.05, 0.1) is 7.11 Å². The molecule has 1 unspecified atom stereocenters. The average molecular weight is 293 g/mol. The van der Waals surface area contributed by atoms with Gasteiger partial charge in [-0.25, -0.2) is 4.79 Å². The summed E-state index contributed by atoms with van der Waals surface area (Å²) in [5, 5.41) is 3.37. The van der Waals surface area contributed by atoms with Gasteiger partial charge in [-0.05, 0) is 24.9 Å².